The van der Waals surface area contributed by atoms with Gasteiger partial charge in [0.2, 0.25) is 0 Å². The molecule has 88 valence electrons. The van der Waals surface area contributed by atoms with Crippen molar-refractivity contribution >= 4 is 11.3 Å². The van der Waals surface area contributed by atoms with E-state index in [9.17, 15) is 0 Å². The molecule has 0 spiro atoms. The van der Waals surface area contributed by atoms with Crippen molar-refractivity contribution in [2.45, 2.75) is 50.9 Å². The molecule has 16 heavy (non-hydrogen) atoms. The van der Waals surface area contributed by atoms with E-state index in [-0.39, 0.29) is 6.04 Å². The SMILES string of the molecule is Cc1csc(CC(N)C2CC3CCC2O3)n1. The summed E-state index contributed by atoms with van der Waals surface area (Å²) in [6, 6.07) is 0.223. The van der Waals surface area contributed by atoms with Crippen LogP contribution >= 0.6 is 11.3 Å². The zero-order valence-electron chi connectivity index (χ0n) is 9.56. The molecule has 0 saturated carbocycles. The lowest BCUT2D eigenvalue weighted by Crippen LogP contribution is -2.37. The lowest BCUT2D eigenvalue weighted by Gasteiger charge is -2.24. The lowest BCUT2D eigenvalue weighted by atomic mass is 9.83. The zero-order chi connectivity index (χ0) is 11.1. The summed E-state index contributed by atoms with van der Waals surface area (Å²) in [6.07, 6.45) is 5.45. The van der Waals surface area contributed by atoms with Crippen LogP contribution < -0.4 is 5.73 Å². The maximum Gasteiger partial charge on any atom is 0.0943 e. The highest BCUT2D eigenvalue weighted by Crippen LogP contribution is 2.40. The van der Waals surface area contributed by atoms with Gasteiger partial charge in [0.1, 0.15) is 0 Å². The monoisotopic (exact) mass is 238 g/mol. The number of nitrogens with zero attached hydrogens (tertiary/aromatic N) is 1. The van der Waals surface area contributed by atoms with Crippen molar-refractivity contribution in [2.75, 3.05) is 0 Å². The molecule has 1 aromatic rings. The Hall–Kier alpha value is -0.450. The number of hydrogen-bond acceptors (Lipinski definition) is 4. The molecule has 3 rings (SSSR count). The average molecular weight is 238 g/mol. The van der Waals surface area contributed by atoms with Gasteiger partial charge in [-0.1, -0.05) is 0 Å². The molecule has 2 N–H and O–H groups in total. The van der Waals surface area contributed by atoms with Crippen LogP contribution in [-0.4, -0.2) is 23.2 Å². The second-order valence-electron chi connectivity index (χ2n) is 5.02. The van der Waals surface area contributed by atoms with Gasteiger partial charge in [0.05, 0.1) is 17.2 Å². The minimum Gasteiger partial charge on any atom is -0.375 e. The van der Waals surface area contributed by atoms with Crippen LogP contribution in [0.25, 0.3) is 0 Å². The van der Waals surface area contributed by atoms with Gasteiger partial charge in [0.25, 0.3) is 0 Å². The molecule has 2 saturated heterocycles. The fourth-order valence-electron chi connectivity index (χ4n) is 2.98. The third-order valence-electron chi connectivity index (χ3n) is 3.78. The number of aromatic nitrogens is 1. The standard InChI is InChI=1S/C12H18N2OS/c1-7-6-16-12(14-7)5-10(13)9-4-8-2-3-11(9)15-8/h6,8-11H,2-5,13H2,1H3. The normalized spacial score (nSPS) is 34.5. The summed E-state index contributed by atoms with van der Waals surface area (Å²) in [4.78, 5) is 4.48. The van der Waals surface area contributed by atoms with Gasteiger partial charge in [-0.3, -0.25) is 0 Å². The van der Waals surface area contributed by atoms with E-state index >= 15 is 0 Å². The molecule has 4 unspecified atom stereocenters. The topological polar surface area (TPSA) is 48.1 Å². The highest BCUT2D eigenvalue weighted by Gasteiger charge is 2.43. The molecule has 2 fully saturated rings. The lowest BCUT2D eigenvalue weighted by molar-refractivity contribution is 0.0885. The minimum absolute atomic E-state index is 0.223. The van der Waals surface area contributed by atoms with Gasteiger partial charge in [0, 0.05) is 29.5 Å². The maximum atomic E-state index is 6.29. The predicted octanol–water partition coefficient (Wildman–Crippen LogP) is 1.89. The molecule has 4 atom stereocenters. The number of rotatable bonds is 3. The molecule has 2 aliphatic rings. The summed E-state index contributed by atoms with van der Waals surface area (Å²) < 4.78 is 5.85. The maximum absolute atomic E-state index is 6.29. The second-order valence-corrected chi connectivity index (χ2v) is 5.97. The van der Waals surface area contributed by atoms with E-state index in [1.165, 1.54) is 17.8 Å². The number of aryl methyl sites for hydroxylation is 1. The third-order valence-corrected chi connectivity index (χ3v) is 4.77. The number of fused-ring (bicyclic) bond motifs is 2. The van der Waals surface area contributed by atoms with Crippen molar-refractivity contribution < 1.29 is 4.74 Å². The first-order valence-electron chi connectivity index (χ1n) is 6.04. The van der Waals surface area contributed by atoms with Crippen molar-refractivity contribution in [3.63, 3.8) is 0 Å². The van der Waals surface area contributed by atoms with Gasteiger partial charge < -0.3 is 10.5 Å². The molecule has 4 heteroatoms. The average Bonchev–Trinajstić information content (AvgIpc) is 2.93. The summed E-state index contributed by atoms with van der Waals surface area (Å²) in [5.41, 5.74) is 7.40. The minimum atomic E-state index is 0.223. The Balaban J connectivity index is 1.63. The molecule has 2 bridgehead atoms. The van der Waals surface area contributed by atoms with Crippen LogP contribution in [0, 0.1) is 12.8 Å². The fraction of sp³-hybridized carbons (Fsp3) is 0.750. The zero-order valence-corrected chi connectivity index (χ0v) is 10.4. The molecular weight excluding hydrogens is 220 g/mol. The van der Waals surface area contributed by atoms with E-state index in [1.807, 2.05) is 6.92 Å². The molecule has 3 heterocycles. The van der Waals surface area contributed by atoms with Crippen molar-refractivity contribution in [1.82, 2.24) is 4.98 Å². The predicted molar refractivity (Wildman–Crippen MR) is 64.5 cm³/mol. The third kappa shape index (κ3) is 1.90. The van der Waals surface area contributed by atoms with Gasteiger partial charge >= 0.3 is 0 Å². The number of hydrogen-bond donors (Lipinski definition) is 1. The van der Waals surface area contributed by atoms with Crippen LogP contribution in [0.3, 0.4) is 0 Å². The van der Waals surface area contributed by atoms with E-state index in [0.29, 0.717) is 18.1 Å². The fourth-order valence-corrected chi connectivity index (χ4v) is 3.82. The van der Waals surface area contributed by atoms with Crippen LogP contribution in [0.1, 0.15) is 30.0 Å². The highest BCUT2D eigenvalue weighted by molar-refractivity contribution is 7.09. The first kappa shape index (κ1) is 10.7. The summed E-state index contributed by atoms with van der Waals surface area (Å²) in [6.45, 7) is 2.03. The first-order chi connectivity index (χ1) is 7.72. The van der Waals surface area contributed by atoms with Crippen LogP contribution in [0.4, 0.5) is 0 Å². The van der Waals surface area contributed by atoms with Crippen LogP contribution in [0.2, 0.25) is 0 Å². The van der Waals surface area contributed by atoms with Crippen molar-refractivity contribution in [3.8, 4) is 0 Å². The Morgan fingerprint density at radius 2 is 2.50 bits per heavy atom. The molecule has 0 aliphatic carbocycles. The Morgan fingerprint density at radius 3 is 3.06 bits per heavy atom. The molecule has 3 nitrogen and oxygen atoms in total. The van der Waals surface area contributed by atoms with Gasteiger partial charge in [-0.15, -0.1) is 11.3 Å². The molecule has 0 radical (unpaired) electrons. The van der Waals surface area contributed by atoms with Crippen molar-refractivity contribution in [2.24, 2.45) is 11.7 Å². The Labute approximate surface area is 100 Å². The molecule has 1 aromatic heterocycles. The van der Waals surface area contributed by atoms with E-state index in [0.717, 1.165) is 18.5 Å². The molecule has 0 amide bonds. The Bertz CT molecular complexity index is 379. The smallest absolute Gasteiger partial charge is 0.0943 e. The van der Waals surface area contributed by atoms with E-state index in [4.69, 9.17) is 10.5 Å². The quantitative estimate of drug-likeness (QED) is 0.874. The summed E-state index contributed by atoms with van der Waals surface area (Å²) in [7, 11) is 0. The van der Waals surface area contributed by atoms with Gasteiger partial charge in [-0.05, 0) is 26.2 Å². The first-order valence-corrected chi connectivity index (χ1v) is 6.92. The second kappa shape index (κ2) is 4.09. The summed E-state index contributed by atoms with van der Waals surface area (Å²) >= 11 is 1.72. The number of thiazole rings is 1. The largest absolute Gasteiger partial charge is 0.375 e. The van der Waals surface area contributed by atoms with Gasteiger partial charge in [0.15, 0.2) is 0 Å². The molecular formula is C12H18N2OS. The van der Waals surface area contributed by atoms with Gasteiger partial charge in [-0.25, -0.2) is 4.98 Å². The van der Waals surface area contributed by atoms with E-state index in [2.05, 4.69) is 10.4 Å². The Morgan fingerprint density at radius 1 is 1.62 bits per heavy atom. The molecule has 2 aliphatic heterocycles. The highest BCUT2D eigenvalue weighted by atomic mass is 32.1. The number of ether oxygens (including phenoxy) is 1. The van der Waals surface area contributed by atoms with Crippen molar-refractivity contribution in [3.05, 3.63) is 16.1 Å². The summed E-state index contributed by atoms with van der Waals surface area (Å²) in [5, 5.41) is 3.27. The Kier molecular flexibility index (Phi) is 2.73. The summed E-state index contributed by atoms with van der Waals surface area (Å²) in [5.74, 6) is 0.558. The van der Waals surface area contributed by atoms with Crippen LogP contribution in [0.5, 0.6) is 0 Å². The van der Waals surface area contributed by atoms with E-state index < -0.39 is 0 Å². The van der Waals surface area contributed by atoms with E-state index in [1.54, 1.807) is 11.3 Å². The van der Waals surface area contributed by atoms with Crippen LogP contribution in [0.15, 0.2) is 5.38 Å². The van der Waals surface area contributed by atoms with Crippen molar-refractivity contribution in [1.29, 1.82) is 0 Å². The number of nitrogens with two attached hydrogens (primary N) is 1. The van der Waals surface area contributed by atoms with Crippen LogP contribution in [-0.2, 0) is 11.2 Å². The van der Waals surface area contributed by atoms with Gasteiger partial charge in [-0.2, -0.15) is 0 Å². The molecule has 0 aromatic carbocycles.